The van der Waals surface area contributed by atoms with Crippen molar-refractivity contribution in [2.75, 3.05) is 12.4 Å². The number of fused-ring (bicyclic) bond motifs is 1. The summed E-state index contributed by atoms with van der Waals surface area (Å²) in [7, 11) is 1.41. The van der Waals surface area contributed by atoms with E-state index in [-0.39, 0.29) is 28.6 Å². The fourth-order valence-corrected chi connectivity index (χ4v) is 2.46. The number of nitriles is 1. The monoisotopic (exact) mass is 356 g/mol. The number of aromatic nitrogens is 4. The number of hydrogen-bond donors (Lipinski definition) is 2. The van der Waals surface area contributed by atoms with E-state index in [1.807, 2.05) is 6.07 Å². The topological polar surface area (TPSA) is 117 Å². The first-order chi connectivity index (χ1) is 12.0. The number of benzene rings is 1. The minimum absolute atomic E-state index is 0.152. The van der Waals surface area contributed by atoms with Crippen molar-refractivity contribution in [1.82, 2.24) is 19.9 Å². The summed E-state index contributed by atoms with van der Waals surface area (Å²) < 4.78 is 5.05. The van der Waals surface area contributed by atoms with Crippen LogP contribution in [-0.2, 0) is 0 Å². The third-order valence-corrected chi connectivity index (χ3v) is 3.74. The van der Waals surface area contributed by atoms with E-state index in [0.717, 1.165) is 0 Å². The van der Waals surface area contributed by atoms with Gasteiger partial charge in [0.2, 0.25) is 11.8 Å². The van der Waals surface area contributed by atoms with Crippen molar-refractivity contribution in [2.45, 2.75) is 13.0 Å². The number of anilines is 1. The van der Waals surface area contributed by atoms with Gasteiger partial charge in [0.05, 0.1) is 30.4 Å². The normalized spacial score (nSPS) is 11.8. The molecule has 0 amide bonds. The average molecular weight is 357 g/mol. The van der Waals surface area contributed by atoms with Gasteiger partial charge in [0.15, 0.2) is 0 Å². The lowest BCUT2D eigenvalue weighted by atomic mass is 10.2. The maximum atomic E-state index is 12.3. The van der Waals surface area contributed by atoms with Crippen molar-refractivity contribution >= 4 is 28.6 Å². The first-order valence-electron chi connectivity index (χ1n) is 7.29. The van der Waals surface area contributed by atoms with Crippen molar-refractivity contribution < 1.29 is 4.74 Å². The highest BCUT2D eigenvalue weighted by atomic mass is 35.5. The fraction of sp³-hybridized carbons (Fsp3) is 0.188. The lowest BCUT2D eigenvalue weighted by molar-refractivity contribution is 0.396. The van der Waals surface area contributed by atoms with Gasteiger partial charge in [0.25, 0.3) is 5.56 Å². The molecule has 3 rings (SSSR count). The molecule has 0 fully saturated rings. The minimum atomic E-state index is -0.482. The lowest BCUT2D eigenvalue weighted by Crippen LogP contribution is -2.22. The summed E-state index contributed by atoms with van der Waals surface area (Å²) in [4.78, 5) is 27.6. The van der Waals surface area contributed by atoms with Gasteiger partial charge in [-0.2, -0.15) is 10.2 Å². The molecule has 9 heteroatoms. The molecule has 0 spiro atoms. The van der Waals surface area contributed by atoms with Gasteiger partial charge in [-0.05, 0) is 25.1 Å². The van der Waals surface area contributed by atoms with Gasteiger partial charge < -0.3 is 15.0 Å². The van der Waals surface area contributed by atoms with Gasteiger partial charge >= 0.3 is 0 Å². The Morgan fingerprint density at radius 1 is 1.40 bits per heavy atom. The Bertz CT molecular complexity index is 1040. The number of nitrogens with zero attached hydrogens (tertiary/aromatic N) is 4. The second-order valence-corrected chi connectivity index (χ2v) is 5.64. The van der Waals surface area contributed by atoms with Gasteiger partial charge in [-0.25, -0.2) is 9.97 Å². The average Bonchev–Trinajstić information content (AvgIpc) is 2.61. The summed E-state index contributed by atoms with van der Waals surface area (Å²) in [5, 5.41) is 12.5. The Balaban J connectivity index is 1.94. The van der Waals surface area contributed by atoms with Crippen LogP contribution in [-0.4, -0.2) is 27.0 Å². The Hall–Kier alpha value is -3.18. The lowest BCUT2D eigenvalue weighted by Gasteiger charge is -2.14. The Labute approximate surface area is 147 Å². The molecule has 3 aromatic rings. The zero-order chi connectivity index (χ0) is 18.0. The van der Waals surface area contributed by atoms with E-state index in [1.165, 1.54) is 13.3 Å². The van der Waals surface area contributed by atoms with Crippen LogP contribution >= 0.6 is 11.6 Å². The molecule has 1 unspecified atom stereocenters. The molecule has 1 atom stereocenters. The Kier molecular flexibility index (Phi) is 4.50. The molecule has 0 aliphatic heterocycles. The Morgan fingerprint density at radius 2 is 2.20 bits per heavy atom. The van der Waals surface area contributed by atoms with E-state index >= 15 is 0 Å². The van der Waals surface area contributed by atoms with E-state index in [1.54, 1.807) is 25.1 Å². The summed E-state index contributed by atoms with van der Waals surface area (Å²) >= 11 is 5.97. The van der Waals surface area contributed by atoms with Crippen LogP contribution in [0.2, 0.25) is 5.02 Å². The van der Waals surface area contributed by atoms with E-state index < -0.39 is 6.04 Å². The quantitative estimate of drug-likeness (QED) is 0.737. The van der Waals surface area contributed by atoms with E-state index in [0.29, 0.717) is 16.1 Å². The van der Waals surface area contributed by atoms with Crippen LogP contribution in [0.1, 0.15) is 24.2 Å². The van der Waals surface area contributed by atoms with Crippen LogP contribution in [0.15, 0.2) is 29.2 Å². The van der Waals surface area contributed by atoms with E-state index in [4.69, 9.17) is 21.6 Å². The highest BCUT2D eigenvalue weighted by Gasteiger charge is 2.15. The maximum absolute atomic E-state index is 12.3. The summed E-state index contributed by atoms with van der Waals surface area (Å²) in [6.07, 6.45) is 1.35. The van der Waals surface area contributed by atoms with E-state index in [2.05, 4.69) is 25.3 Å². The maximum Gasteiger partial charge on any atom is 0.272 e. The molecule has 2 aromatic heterocycles. The zero-order valence-corrected chi connectivity index (χ0v) is 14.1. The number of H-pyrrole nitrogens is 1. The molecular formula is C16H13ClN6O2. The SMILES string of the molecule is COc1nc(NC(C)c2nc3cc(Cl)ccc3[nH]c2=O)ncc1C#N. The summed E-state index contributed by atoms with van der Waals surface area (Å²) in [5.74, 6) is 0.370. The second-order valence-electron chi connectivity index (χ2n) is 5.21. The third kappa shape index (κ3) is 3.36. The number of halogens is 1. The van der Waals surface area contributed by atoms with Gasteiger partial charge in [0, 0.05) is 5.02 Å². The summed E-state index contributed by atoms with van der Waals surface area (Å²) in [6.45, 7) is 1.75. The second kappa shape index (κ2) is 6.75. The van der Waals surface area contributed by atoms with Gasteiger partial charge in [0.1, 0.15) is 17.3 Å². The van der Waals surface area contributed by atoms with Crippen molar-refractivity contribution in [3.63, 3.8) is 0 Å². The smallest absolute Gasteiger partial charge is 0.272 e. The van der Waals surface area contributed by atoms with Crippen molar-refractivity contribution in [3.05, 3.63) is 51.0 Å². The van der Waals surface area contributed by atoms with Crippen LogP contribution < -0.4 is 15.6 Å². The molecule has 0 saturated carbocycles. The van der Waals surface area contributed by atoms with Crippen LogP contribution in [0.25, 0.3) is 11.0 Å². The van der Waals surface area contributed by atoms with Crippen molar-refractivity contribution in [3.8, 4) is 11.9 Å². The molecule has 0 bridgehead atoms. The number of ether oxygens (including phenoxy) is 1. The number of rotatable bonds is 4. The first kappa shape index (κ1) is 16.7. The number of nitrogens with one attached hydrogen (secondary N) is 2. The fourth-order valence-electron chi connectivity index (χ4n) is 2.29. The van der Waals surface area contributed by atoms with Gasteiger partial charge in [-0.1, -0.05) is 11.6 Å². The van der Waals surface area contributed by atoms with Crippen molar-refractivity contribution in [1.29, 1.82) is 5.26 Å². The first-order valence-corrected chi connectivity index (χ1v) is 7.66. The summed E-state index contributed by atoms with van der Waals surface area (Å²) in [6, 6.07) is 6.50. The van der Waals surface area contributed by atoms with E-state index in [9.17, 15) is 4.79 Å². The van der Waals surface area contributed by atoms with Crippen molar-refractivity contribution in [2.24, 2.45) is 0 Å². The molecule has 0 saturated heterocycles. The largest absolute Gasteiger partial charge is 0.480 e. The highest BCUT2D eigenvalue weighted by molar-refractivity contribution is 6.31. The number of hydrogen-bond acceptors (Lipinski definition) is 7. The Morgan fingerprint density at radius 3 is 2.92 bits per heavy atom. The molecular weight excluding hydrogens is 344 g/mol. The minimum Gasteiger partial charge on any atom is -0.480 e. The van der Waals surface area contributed by atoms with Crippen LogP contribution in [0.5, 0.6) is 5.88 Å². The van der Waals surface area contributed by atoms with Crippen LogP contribution in [0, 0.1) is 11.3 Å². The predicted octanol–water partition coefficient (Wildman–Crippen LogP) is 2.42. The summed E-state index contributed by atoms with van der Waals surface area (Å²) in [5.41, 5.74) is 1.34. The molecule has 2 N–H and O–H groups in total. The van der Waals surface area contributed by atoms with Gasteiger partial charge in [-0.3, -0.25) is 4.79 Å². The molecule has 126 valence electrons. The molecule has 0 radical (unpaired) electrons. The molecule has 1 aromatic carbocycles. The molecule has 8 nitrogen and oxygen atoms in total. The molecule has 2 heterocycles. The van der Waals surface area contributed by atoms with Crippen LogP contribution in [0.3, 0.4) is 0 Å². The van der Waals surface area contributed by atoms with Gasteiger partial charge in [-0.15, -0.1) is 0 Å². The number of methoxy groups -OCH3 is 1. The third-order valence-electron chi connectivity index (χ3n) is 3.50. The molecule has 25 heavy (non-hydrogen) atoms. The van der Waals surface area contributed by atoms with Crippen LogP contribution in [0.4, 0.5) is 5.95 Å². The molecule has 0 aliphatic carbocycles. The molecule has 0 aliphatic rings. The predicted molar refractivity (Wildman–Crippen MR) is 92.7 cm³/mol. The zero-order valence-electron chi connectivity index (χ0n) is 13.4. The highest BCUT2D eigenvalue weighted by Crippen LogP contribution is 2.20. The standard InChI is InChI=1S/C16H13ClN6O2/c1-8(20-16-19-7-9(6-18)15(23-16)25-2)13-14(24)22-11-4-3-10(17)5-12(11)21-13/h3-5,7-8H,1-2H3,(H,22,24)(H,19,20,23). The number of aromatic amines is 1.